The van der Waals surface area contributed by atoms with Gasteiger partial charge in [-0.3, -0.25) is 13.9 Å². The molecule has 6 aromatic rings. The Balaban J connectivity index is 1.18. The second kappa shape index (κ2) is 14.3. The third-order valence-corrected chi connectivity index (χ3v) is 14.6. The van der Waals surface area contributed by atoms with E-state index in [2.05, 4.69) is 62.0 Å². The van der Waals surface area contributed by atoms with Crippen molar-refractivity contribution < 1.29 is 13.9 Å². The van der Waals surface area contributed by atoms with Gasteiger partial charge in [0.25, 0.3) is 5.91 Å². The van der Waals surface area contributed by atoms with E-state index in [-0.39, 0.29) is 29.1 Å². The smallest absolute Gasteiger partial charge is 0.338 e. The van der Waals surface area contributed by atoms with Crippen LogP contribution in [0.3, 0.4) is 0 Å². The number of fused-ring (bicyclic) bond motifs is 2. The normalized spacial score (nSPS) is 15.7. The first-order chi connectivity index (χ1) is 26.3. The maximum absolute atomic E-state index is 14.9. The molecule has 0 bridgehead atoms. The first-order valence-corrected chi connectivity index (χ1v) is 20.8. The Hall–Kier alpha value is -4.99. The second-order valence-corrected chi connectivity index (χ2v) is 18.9. The number of nitrogens with one attached hydrogen (secondary N) is 2. The van der Waals surface area contributed by atoms with Crippen molar-refractivity contribution in [1.29, 1.82) is 0 Å². The van der Waals surface area contributed by atoms with Crippen molar-refractivity contribution in [3.8, 4) is 17.2 Å². The van der Waals surface area contributed by atoms with Gasteiger partial charge in [0, 0.05) is 67.8 Å². The lowest BCUT2D eigenvalue weighted by Crippen LogP contribution is -2.36. The average molecular weight is 762 g/mol. The Morgan fingerprint density at radius 3 is 2.42 bits per heavy atom. The molecule has 3 aromatic heterocycles. The number of ether oxygens (including phenoxy) is 1. The van der Waals surface area contributed by atoms with Crippen molar-refractivity contribution in [2.45, 2.75) is 71.5 Å². The molecular formula is C43H49FN7O3P. The topological polar surface area (TPSA) is 102 Å². The zero-order valence-corrected chi connectivity index (χ0v) is 33.6. The number of anilines is 1. The van der Waals surface area contributed by atoms with E-state index >= 15 is 0 Å². The summed E-state index contributed by atoms with van der Waals surface area (Å²) in [6, 6.07) is 18.0. The van der Waals surface area contributed by atoms with Gasteiger partial charge in [-0.25, -0.2) is 13.9 Å². The third-order valence-electron chi connectivity index (χ3n) is 11.4. The molecule has 12 heteroatoms. The van der Waals surface area contributed by atoms with Crippen LogP contribution in [-0.4, -0.2) is 73.3 Å². The predicted molar refractivity (Wildman–Crippen MR) is 219 cm³/mol. The summed E-state index contributed by atoms with van der Waals surface area (Å²) in [5.74, 6) is 0.607. The van der Waals surface area contributed by atoms with Gasteiger partial charge in [0.15, 0.2) is 0 Å². The maximum Gasteiger partial charge on any atom is 0.338 e. The first kappa shape index (κ1) is 37.0. The molecule has 10 nitrogen and oxygen atoms in total. The summed E-state index contributed by atoms with van der Waals surface area (Å²) in [5, 5.41) is 10.8. The Morgan fingerprint density at radius 2 is 1.71 bits per heavy atom. The number of rotatable bonds is 7. The van der Waals surface area contributed by atoms with Crippen LogP contribution in [0.2, 0.25) is 0 Å². The first-order valence-electron chi connectivity index (χ1n) is 19.1. The number of carbonyl (C=O) groups excluding carboxylic acids is 1. The molecule has 0 aliphatic carbocycles. The zero-order chi connectivity index (χ0) is 38.8. The number of imidazole rings is 1. The van der Waals surface area contributed by atoms with E-state index in [0.29, 0.717) is 47.2 Å². The number of halogens is 1. The van der Waals surface area contributed by atoms with E-state index in [1.54, 1.807) is 52.2 Å². The van der Waals surface area contributed by atoms with E-state index < -0.39 is 7.92 Å². The van der Waals surface area contributed by atoms with Crippen LogP contribution in [0.25, 0.3) is 28.1 Å². The van der Waals surface area contributed by atoms with Crippen molar-refractivity contribution in [1.82, 2.24) is 28.8 Å². The van der Waals surface area contributed by atoms with Crippen molar-refractivity contribution in [3.05, 3.63) is 117 Å². The molecule has 1 amide bonds. The van der Waals surface area contributed by atoms with Crippen LogP contribution in [0, 0.1) is 19.7 Å². The molecule has 0 radical (unpaired) electrons. The van der Waals surface area contributed by atoms with E-state index in [1.165, 1.54) is 10.9 Å². The van der Waals surface area contributed by atoms with Gasteiger partial charge < -0.3 is 19.9 Å². The molecule has 1 unspecified atom stereocenters. The van der Waals surface area contributed by atoms with Gasteiger partial charge in [0.1, 0.15) is 17.3 Å². The number of nitrogens with zero attached hydrogens (tertiary/aromatic N) is 5. The molecule has 55 heavy (non-hydrogen) atoms. The van der Waals surface area contributed by atoms with Crippen LogP contribution in [-0.2, 0) is 17.7 Å². The minimum absolute atomic E-state index is 0.114. The van der Waals surface area contributed by atoms with Crippen LogP contribution in [0.1, 0.15) is 78.0 Å². The average Bonchev–Trinajstić information content (AvgIpc) is 3.90. The van der Waals surface area contributed by atoms with E-state index in [1.807, 2.05) is 30.1 Å². The molecule has 2 N–H and O–H groups in total. The van der Waals surface area contributed by atoms with E-state index in [4.69, 9.17) is 9.84 Å². The summed E-state index contributed by atoms with van der Waals surface area (Å²) < 4.78 is 25.4. The highest BCUT2D eigenvalue weighted by molar-refractivity contribution is 7.66. The van der Waals surface area contributed by atoms with Crippen LogP contribution in [0.15, 0.2) is 71.8 Å². The monoisotopic (exact) mass is 761 g/mol. The van der Waals surface area contributed by atoms with Gasteiger partial charge in [-0.1, -0.05) is 40.8 Å². The Kier molecular flexibility index (Phi) is 9.58. The summed E-state index contributed by atoms with van der Waals surface area (Å²) in [7, 11) is 1.44. The maximum atomic E-state index is 14.9. The number of aromatic amines is 1. The highest BCUT2D eigenvalue weighted by atomic mass is 31.1. The summed E-state index contributed by atoms with van der Waals surface area (Å²) in [6.07, 6.45) is 6.02. The molecule has 286 valence electrons. The standard InChI is InChI=1S/C43H49FN7O3P/c1-26-20-32(21-27(2)39(26)44)51-40(50-17-16-49(42(50)53)31-9-11-38(36(24-31)45-6)55(7)43(3,4)5)33-25-48(15-12-35(33)47-51)41(52)37-23-30-22-29(8-10-34(30)46-37)28-13-18-54-19-14-28/h8-11,16-17,20-24,28,45-46H,12-15,18-19,25H2,1-7H3. The minimum atomic E-state index is -0.470. The predicted octanol–water partition coefficient (Wildman–Crippen LogP) is 7.72. The Labute approximate surface area is 322 Å². The number of hydrogen-bond donors (Lipinski definition) is 2. The van der Waals surface area contributed by atoms with Crippen LogP contribution in [0.5, 0.6) is 0 Å². The SMILES string of the molecule is CNc1cc(-n2ccn(-c3c4c(nn3-c3cc(C)c(F)c(C)c3)CCN(C(=O)c3cc5cc(C6CCOCC6)ccc5[nH]3)C4)c2=O)ccc1P(C)C(C)(C)C. The van der Waals surface area contributed by atoms with Crippen LogP contribution < -0.4 is 16.3 Å². The van der Waals surface area contributed by atoms with Gasteiger partial charge in [-0.2, -0.15) is 5.10 Å². The second-order valence-electron chi connectivity index (χ2n) is 15.9. The van der Waals surface area contributed by atoms with Gasteiger partial charge in [-0.15, -0.1) is 0 Å². The molecular weight excluding hydrogens is 712 g/mol. The summed E-state index contributed by atoms with van der Waals surface area (Å²) in [6.45, 7) is 14.8. The van der Waals surface area contributed by atoms with Crippen molar-refractivity contribution in [2.24, 2.45) is 0 Å². The van der Waals surface area contributed by atoms with Crippen molar-refractivity contribution >= 4 is 35.7 Å². The molecule has 0 saturated carbocycles. The summed E-state index contributed by atoms with van der Waals surface area (Å²) >= 11 is 0. The number of benzene rings is 3. The summed E-state index contributed by atoms with van der Waals surface area (Å²) in [5.41, 5.74) is 7.38. The Bertz CT molecular complexity index is 2470. The number of carbonyl (C=O) groups is 1. The largest absolute Gasteiger partial charge is 0.388 e. The van der Waals surface area contributed by atoms with Crippen molar-refractivity contribution in [2.75, 3.05) is 38.8 Å². The van der Waals surface area contributed by atoms with Gasteiger partial charge in [0.2, 0.25) is 0 Å². The lowest BCUT2D eigenvalue weighted by Gasteiger charge is -2.30. The van der Waals surface area contributed by atoms with Crippen molar-refractivity contribution in [3.63, 3.8) is 0 Å². The highest BCUT2D eigenvalue weighted by Gasteiger charge is 2.31. The van der Waals surface area contributed by atoms with Gasteiger partial charge in [-0.05, 0) is 109 Å². The lowest BCUT2D eigenvalue weighted by molar-refractivity contribution is 0.0729. The molecule has 2 aliphatic rings. The van der Waals surface area contributed by atoms with Gasteiger partial charge in [0.05, 0.1) is 23.6 Å². The fourth-order valence-electron chi connectivity index (χ4n) is 7.99. The lowest BCUT2D eigenvalue weighted by atomic mass is 9.91. The number of hydrogen-bond acceptors (Lipinski definition) is 5. The molecule has 2 aliphatic heterocycles. The highest BCUT2D eigenvalue weighted by Crippen LogP contribution is 2.46. The van der Waals surface area contributed by atoms with Crippen LogP contribution in [0.4, 0.5) is 10.1 Å². The molecule has 1 saturated heterocycles. The molecule has 1 fully saturated rings. The molecule has 8 rings (SSSR count). The third kappa shape index (κ3) is 6.71. The molecule has 5 heterocycles. The number of H-pyrrole nitrogens is 1. The van der Waals surface area contributed by atoms with E-state index in [9.17, 15) is 14.0 Å². The molecule has 3 aromatic carbocycles. The fraction of sp³-hybridized carbons (Fsp3) is 0.372. The Morgan fingerprint density at radius 1 is 0.982 bits per heavy atom. The zero-order valence-electron chi connectivity index (χ0n) is 32.7. The molecule has 1 atom stereocenters. The van der Waals surface area contributed by atoms with E-state index in [0.717, 1.165) is 59.6 Å². The minimum Gasteiger partial charge on any atom is -0.388 e. The quantitative estimate of drug-likeness (QED) is 0.162. The number of amides is 1. The molecule has 0 spiro atoms. The van der Waals surface area contributed by atoms with Gasteiger partial charge >= 0.3 is 5.69 Å². The van der Waals surface area contributed by atoms with Crippen LogP contribution >= 0.6 is 7.92 Å². The summed E-state index contributed by atoms with van der Waals surface area (Å²) in [4.78, 5) is 33.9. The fourth-order valence-corrected chi connectivity index (χ4v) is 9.55. The number of aromatic nitrogens is 5. The number of aryl methyl sites for hydroxylation is 2.